The molecule has 3 rings (SSSR count). The average molecular weight is 388 g/mol. The summed E-state index contributed by atoms with van der Waals surface area (Å²) in [5.74, 6) is -0.959. The van der Waals surface area contributed by atoms with Gasteiger partial charge in [-0.3, -0.25) is 14.9 Å². The molecule has 0 atom stereocenters. The second-order valence-electron chi connectivity index (χ2n) is 6.47. The first kappa shape index (κ1) is 19.0. The molecule has 1 aliphatic carbocycles. The van der Waals surface area contributed by atoms with E-state index in [1.165, 1.54) is 36.6 Å². The molecule has 1 heterocycles. The van der Waals surface area contributed by atoms with Gasteiger partial charge in [-0.05, 0) is 44.2 Å². The number of amides is 1. The van der Waals surface area contributed by atoms with Gasteiger partial charge in [-0.1, -0.05) is 12.5 Å². The lowest BCUT2D eigenvalue weighted by Gasteiger charge is -2.08. The van der Waals surface area contributed by atoms with E-state index in [0.29, 0.717) is 16.1 Å². The van der Waals surface area contributed by atoms with Crippen molar-refractivity contribution in [1.29, 1.82) is 0 Å². The molecule has 0 spiro atoms. The van der Waals surface area contributed by atoms with E-state index in [0.717, 1.165) is 42.5 Å². The van der Waals surface area contributed by atoms with Gasteiger partial charge < -0.3 is 10.1 Å². The van der Waals surface area contributed by atoms with Crippen LogP contribution < -0.4 is 5.32 Å². The zero-order valence-corrected chi connectivity index (χ0v) is 16.0. The molecule has 0 saturated heterocycles. The van der Waals surface area contributed by atoms with Crippen molar-refractivity contribution >= 4 is 33.9 Å². The molecular weight excluding hydrogens is 368 g/mol. The Hall–Kier alpha value is -2.74. The van der Waals surface area contributed by atoms with Gasteiger partial charge in [-0.2, -0.15) is 0 Å². The van der Waals surface area contributed by atoms with Gasteiger partial charge >= 0.3 is 5.97 Å². The standard InChI is InChI=1S/C19H20N2O5S/c1-11-8-9-12(10-14(11)21(24)25)17(22)20-18-16(19(23)26-2)13-6-4-3-5-7-15(13)27-18/h8-10H,3-7H2,1-2H3,(H,20,22). The number of benzene rings is 1. The molecule has 7 nitrogen and oxygen atoms in total. The first-order valence-corrected chi connectivity index (χ1v) is 9.53. The zero-order chi connectivity index (χ0) is 19.6. The van der Waals surface area contributed by atoms with E-state index < -0.39 is 16.8 Å². The number of nitro benzene ring substituents is 1. The minimum atomic E-state index is -0.515. The highest BCUT2D eigenvalue weighted by atomic mass is 32.1. The summed E-state index contributed by atoms with van der Waals surface area (Å²) in [5, 5.41) is 14.3. The minimum absolute atomic E-state index is 0.113. The number of hydrogen-bond donors (Lipinski definition) is 1. The van der Waals surface area contributed by atoms with Gasteiger partial charge in [-0.25, -0.2) is 4.79 Å². The van der Waals surface area contributed by atoms with Crippen LogP contribution in [-0.4, -0.2) is 23.9 Å². The molecule has 1 N–H and O–H groups in total. The summed E-state index contributed by atoms with van der Waals surface area (Å²) in [6.07, 6.45) is 4.80. The summed E-state index contributed by atoms with van der Waals surface area (Å²) >= 11 is 1.39. The molecule has 1 aromatic heterocycles. The van der Waals surface area contributed by atoms with Crippen molar-refractivity contribution in [2.75, 3.05) is 12.4 Å². The number of nitrogens with one attached hydrogen (secondary N) is 1. The van der Waals surface area contributed by atoms with Crippen LogP contribution in [0.15, 0.2) is 18.2 Å². The Labute approximate surface area is 160 Å². The normalized spacial score (nSPS) is 13.4. The molecular formula is C19H20N2O5S. The van der Waals surface area contributed by atoms with Crippen molar-refractivity contribution in [2.45, 2.75) is 39.0 Å². The molecule has 0 fully saturated rings. The molecule has 27 heavy (non-hydrogen) atoms. The fourth-order valence-corrected chi connectivity index (χ4v) is 4.54. The van der Waals surface area contributed by atoms with Crippen LogP contribution in [0, 0.1) is 17.0 Å². The molecule has 0 unspecified atom stereocenters. The van der Waals surface area contributed by atoms with Gasteiger partial charge in [0, 0.05) is 22.1 Å². The van der Waals surface area contributed by atoms with Crippen LogP contribution in [0.2, 0.25) is 0 Å². The third kappa shape index (κ3) is 3.85. The Bertz CT molecular complexity index is 919. The van der Waals surface area contributed by atoms with E-state index in [2.05, 4.69) is 5.32 Å². The smallest absolute Gasteiger partial charge is 0.341 e. The predicted molar refractivity (Wildman–Crippen MR) is 103 cm³/mol. The fourth-order valence-electron chi connectivity index (χ4n) is 3.27. The molecule has 0 saturated carbocycles. The average Bonchev–Trinajstić information content (AvgIpc) is 2.82. The van der Waals surface area contributed by atoms with Crippen LogP contribution in [0.1, 0.15) is 56.0 Å². The number of fused-ring (bicyclic) bond motifs is 1. The van der Waals surface area contributed by atoms with Crippen LogP contribution in [-0.2, 0) is 17.6 Å². The Morgan fingerprint density at radius 3 is 2.67 bits per heavy atom. The topological polar surface area (TPSA) is 98.5 Å². The summed E-state index contributed by atoms with van der Waals surface area (Å²) < 4.78 is 4.92. The molecule has 1 aromatic carbocycles. The van der Waals surface area contributed by atoms with Gasteiger partial charge in [0.15, 0.2) is 0 Å². The largest absolute Gasteiger partial charge is 0.465 e. The molecule has 0 bridgehead atoms. The van der Waals surface area contributed by atoms with Crippen molar-refractivity contribution < 1.29 is 19.2 Å². The number of thiophene rings is 1. The highest BCUT2D eigenvalue weighted by Crippen LogP contribution is 2.38. The lowest BCUT2D eigenvalue weighted by molar-refractivity contribution is -0.385. The second-order valence-corrected chi connectivity index (χ2v) is 7.58. The summed E-state index contributed by atoms with van der Waals surface area (Å²) in [4.78, 5) is 36.7. The highest BCUT2D eigenvalue weighted by molar-refractivity contribution is 7.17. The zero-order valence-electron chi connectivity index (χ0n) is 15.2. The lowest BCUT2D eigenvalue weighted by Crippen LogP contribution is -2.15. The number of nitrogens with zero attached hydrogens (tertiary/aromatic N) is 1. The van der Waals surface area contributed by atoms with Gasteiger partial charge in [0.05, 0.1) is 17.6 Å². The van der Waals surface area contributed by atoms with Crippen LogP contribution in [0.4, 0.5) is 10.7 Å². The Morgan fingerprint density at radius 2 is 1.96 bits per heavy atom. The van der Waals surface area contributed by atoms with E-state index in [-0.39, 0.29) is 11.3 Å². The SMILES string of the molecule is COC(=O)c1c(NC(=O)c2ccc(C)c([N+](=O)[O-])c2)sc2c1CCCCC2. The molecule has 1 amide bonds. The number of carbonyl (C=O) groups excluding carboxylic acids is 2. The highest BCUT2D eigenvalue weighted by Gasteiger charge is 2.27. The number of hydrogen-bond acceptors (Lipinski definition) is 6. The quantitative estimate of drug-likeness (QED) is 0.365. The Kier molecular flexibility index (Phi) is 5.55. The maximum absolute atomic E-state index is 12.7. The maximum atomic E-state index is 12.7. The Balaban J connectivity index is 1.95. The maximum Gasteiger partial charge on any atom is 0.341 e. The van der Waals surface area contributed by atoms with E-state index in [9.17, 15) is 19.7 Å². The third-order valence-electron chi connectivity index (χ3n) is 4.71. The van der Waals surface area contributed by atoms with Gasteiger partial charge in [0.25, 0.3) is 11.6 Å². The summed E-state index contributed by atoms with van der Waals surface area (Å²) in [5.41, 5.74) is 1.91. The van der Waals surface area contributed by atoms with E-state index in [1.807, 2.05) is 0 Å². The van der Waals surface area contributed by atoms with Crippen molar-refractivity contribution in [1.82, 2.24) is 0 Å². The van der Waals surface area contributed by atoms with E-state index >= 15 is 0 Å². The number of aryl methyl sites for hydroxylation is 2. The van der Waals surface area contributed by atoms with Crippen molar-refractivity contribution in [3.05, 3.63) is 55.4 Å². The number of nitro groups is 1. The van der Waals surface area contributed by atoms with Crippen LogP contribution in [0.3, 0.4) is 0 Å². The molecule has 8 heteroatoms. The second kappa shape index (κ2) is 7.87. The number of methoxy groups -OCH3 is 1. The number of rotatable bonds is 4. The van der Waals surface area contributed by atoms with Gasteiger partial charge in [0.1, 0.15) is 5.00 Å². The van der Waals surface area contributed by atoms with Crippen molar-refractivity contribution in [3.63, 3.8) is 0 Å². The molecule has 142 valence electrons. The molecule has 0 aliphatic heterocycles. The number of carbonyl (C=O) groups is 2. The molecule has 1 aliphatic rings. The number of esters is 1. The molecule has 0 radical (unpaired) electrons. The van der Waals surface area contributed by atoms with Crippen LogP contribution >= 0.6 is 11.3 Å². The van der Waals surface area contributed by atoms with Crippen LogP contribution in [0.5, 0.6) is 0 Å². The first-order valence-electron chi connectivity index (χ1n) is 8.71. The summed E-state index contributed by atoms with van der Waals surface area (Å²) in [6, 6.07) is 4.33. The lowest BCUT2D eigenvalue weighted by atomic mass is 10.1. The predicted octanol–water partition coefficient (Wildman–Crippen LogP) is 4.27. The van der Waals surface area contributed by atoms with Crippen molar-refractivity contribution in [2.24, 2.45) is 0 Å². The van der Waals surface area contributed by atoms with Gasteiger partial charge in [0.2, 0.25) is 0 Å². The first-order chi connectivity index (χ1) is 12.9. The number of ether oxygens (including phenoxy) is 1. The van der Waals surface area contributed by atoms with E-state index in [4.69, 9.17) is 4.74 Å². The van der Waals surface area contributed by atoms with Crippen molar-refractivity contribution in [3.8, 4) is 0 Å². The Morgan fingerprint density at radius 1 is 1.22 bits per heavy atom. The monoisotopic (exact) mass is 388 g/mol. The molecule has 2 aromatic rings. The van der Waals surface area contributed by atoms with Crippen LogP contribution in [0.25, 0.3) is 0 Å². The fraction of sp³-hybridized carbons (Fsp3) is 0.368. The van der Waals surface area contributed by atoms with E-state index in [1.54, 1.807) is 6.92 Å². The summed E-state index contributed by atoms with van der Waals surface area (Å²) in [7, 11) is 1.32. The summed E-state index contributed by atoms with van der Waals surface area (Å²) in [6.45, 7) is 1.62. The number of anilines is 1. The third-order valence-corrected chi connectivity index (χ3v) is 5.91. The van der Waals surface area contributed by atoms with Gasteiger partial charge in [-0.15, -0.1) is 11.3 Å². The minimum Gasteiger partial charge on any atom is -0.465 e.